The van der Waals surface area contributed by atoms with Gasteiger partial charge in [0.25, 0.3) is 0 Å². The summed E-state index contributed by atoms with van der Waals surface area (Å²) in [5, 5.41) is 24.8. The lowest BCUT2D eigenvalue weighted by molar-refractivity contribution is -0.348. The minimum Gasteiger partial charge on any atom is -0.458 e. The molecule has 0 unspecified atom stereocenters. The number of esters is 2. The molecule has 10 heteroatoms. The number of ketones is 2. The van der Waals surface area contributed by atoms with Gasteiger partial charge in [-0.15, -0.1) is 0 Å². The lowest BCUT2D eigenvalue weighted by atomic mass is 9.46. The molecule has 4 bridgehead atoms. The SMILES string of the molecule is C[C@@H]1C(=O)O[C@@H]2C[C@@]1(C)[C@@H]1C(=O)[C@]3(O)O[C@@]14[C@@](O)(CC[C@H]1[C@H]3C[C@H]3O[C@]35CCCC(=O)[C@]15C)C(=O)O[C@@]24C. The Bertz CT molecular complexity index is 1260. The smallest absolute Gasteiger partial charge is 0.342 e. The summed E-state index contributed by atoms with van der Waals surface area (Å²) in [5.74, 6) is -7.82. The van der Waals surface area contributed by atoms with Crippen molar-refractivity contribution in [1.82, 2.24) is 0 Å². The van der Waals surface area contributed by atoms with Gasteiger partial charge < -0.3 is 29.2 Å². The van der Waals surface area contributed by atoms with Crippen molar-refractivity contribution in [3.8, 4) is 0 Å². The Labute approximate surface area is 219 Å². The van der Waals surface area contributed by atoms with Gasteiger partial charge >= 0.3 is 11.9 Å². The van der Waals surface area contributed by atoms with Crippen molar-refractivity contribution in [1.29, 1.82) is 0 Å². The van der Waals surface area contributed by atoms with Crippen LogP contribution in [0.5, 0.6) is 0 Å². The van der Waals surface area contributed by atoms with E-state index in [2.05, 4.69) is 0 Å². The molecular formula is C28H34O10. The van der Waals surface area contributed by atoms with E-state index in [-0.39, 0.29) is 31.1 Å². The maximum atomic E-state index is 14.7. The first-order valence-electron chi connectivity index (χ1n) is 14.0. The summed E-state index contributed by atoms with van der Waals surface area (Å²) in [4.78, 5) is 55.0. The lowest BCUT2D eigenvalue weighted by Gasteiger charge is -2.61. The van der Waals surface area contributed by atoms with Crippen LogP contribution in [0.3, 0.4) is 0 Å². The number of rotatable bonds is 0. The van der Waals surface area contributed by atoms with Crippen LogP contribution in [0.2, 0.25) is 0 Å². The summed E-state index contributed by atoms with van der Waals surface area (Å²) in [6.07, 6.45) is 1.19. The van der Waals surface area contributed by atoms with Crippen molar-refractivity contribution in [2.45, 2.75) is 113 Å². The fraction of sp³-hybridized carbons (Fsp3) is 0.857. The molecular weight excluding hydrogens is 496 g/mol. The minimum atomic E-state index is -2.40. The van der Waals surface area contributed by atoms with E-state index in [1.54, 1.807) is 20.8 Å². The Morgan fingerprint density at radius 1 is 0.974 bits per heavy atom. The van der Waals surface area contributed by atoms with Crippen LogP contribution in [0, 0.1) is 34.5 Å². The first-order valence-corrected chi connectivity index (χ1v) is 14.0. The second-order valence-corrected chi connectivity index (χ2v) is 14.0. The molecule has 13 atom stereocenters. The van der Waals surface area contributed by atoms with E-state index in [4.69, 9.17) is 18.9 Å². The van der Waals surface area contributed by atoms with Gasteiger partial charge in [-0.1, -0.05) is 13.8 Å². The zero-order valence-corrected chi connectivity index (χ0v) is 22.1. The van der Waals surface area contributed by atoms with Gasteiger partial charge in [-0.25, -0.2) is 4.79 Å². The number of hydrogen-bond donors (Lipinski definition) is 2. The molecule has 8 fully saturated rings. The zero-order valence-electron chi connectivity index (χ0n) is 22.1. The predicted octanol–water partition coefficient (Wildman–Crippen LogP) is 0.974. The van der Waals surface area contributed by atoms with Gasteiger partial charge in [-0.05, 0) is 63.7 Å². The van der Waals surface area contributed by atoms with Crippen molar-refractivity contribution in [3.63, 3.8) is 0 Å². The van der Waals surface area contributed by atoms with Crippen LogP contribution in [0.4, 0.5) is 0 Å². The van der Waals surface area contributed by atoms with E-state index in [1.807, 2.05) is 6.92 Å². The van der Waals surface area contributed by atoms with E-state index in [1.165, 1.54) is 0 Å². The van der Waals surface area contributed by atoms with Crippen molar-refractivity contribution >= 4 is 23.5 Å². The monoisotopic (exact) mass is 530 g/mol. The molecule has 2 spiro atoms. The maximum absolute atomic E-state index is 14.7. The lowest BCUT2D eigenvalue weighted by Crippen LogP contribution is -2.78. The molecule has 5 saturated heterocycles. The molecule has 3 aliphatic carbocycles. The van der Waals surface area contributed by atoms with Gasteiger partial charge in [0.1, 0.15) is 17.5 Å². The quantitative estimate of drug-likeness (QED) is 0.343. The van der Waals surface area contributed by atoms with Crippen LogP contribution >= 0.6 is 0 Å². The number of hydrogen-bond acceptors (Lipinski definition) is 10. The number of epoxide rings is 1. The molecule has 0 aromatic rings. The number of carbonyl (C=O) groups excluding carboxylic acids is 4. The third kappa shape index (κ3) is 1.99. The molecule has 8 aliphatic rings. The molecule has 2 N–H and O–H groups in total. The van der Waals surface area contributed by atoms with Crippen LogP contribution in [0.1, 0.15) is 72.6 Å². The maximum Gasteiger partial charge on any atom is 0.342 e. The van der Waals surface area contributed by atoms with Crippen LogP contribution in [-0.4, -0.2) is 74.1 Å². The van der Waals surface area contributed by atoms with E-state index in [0.29, 0.717) is 25.7 Å². The van der Waals surface area contributed by atoms with Gasteiger partial charge in [-0.2, -0.15) is 0 Å². The largest absolute Gasteiger partial charge is 0.458 e. The molecule has 5 heterocycles. The molecule has 3 saturated carbocycles. The van der Waals surface area contributed by atoms with E-state index < -0.39 is 86.5 Å². The Kier molecular flexibility index (Phi) is 3.92. The number of Topliss-reactive ketones (excluding diaryl/α,β-unsaturated/α-hetero) is 2. The molecule has 5 aliphatic heterocycles. The second-order valence-electron chi connectivity index (χ2n) is 14.0. The highest BCUT2D eigenvalue weighted by atomic mass is 16.7. The first kappa shape index (κ1) is 24.0. The third-order valence-corrected chi connectivity index (χ3v) is 13.1. The minimum absolute atomic E-state index is 0.0176. The van der Waals surface area contributed by atoms with Crippen molar-refractivity contribution < 1.29 is 48.3 Å². The standard InChI is InChI=1S/C28H34O10/c1-12-20(31)35-17-11-22(12,2)18-19(30)27(34)14-10-16-26(36-16)8-5-6-15(29)23(26,3)13(14)7-9-25(33)21(32)37-24(17,4)28(18,25)38-27/h12-14,16-18,33-34H,5-11H2,1-4H3/t12-,13+,14-,16-,17-,18+,22-,23+,24+,25-,26-,27-,28+/m1/s1. The van der Waals surface area contributed by atoms with Gasteiger partial charge in [0.2, 0.25) is 5.79 Å². The summed E-state index contributed by atoms with van der Waals surface area (Å²) < 4.78 is 24.5. The number of aliphatic hydroxyl groups is 2. The molecule has 10 nitrogen and oxygen atoms in total. The van der Waals surface area contributed by atoms with Gasteiger partial charge in [0.15, 0.2) is 22.6 Å². The van der Waals surface area contributed by atoms with Crippen molar-refractivity contribution in [2.75, 3.05) is 0 Å². The topological polar surface area (TPSA) is 149 Å². The van der Waals surface area contributed by atoms with Crippen LogP contribution in [-0.2, 0) is 38.1 Å². The molecule has 0 aromatic carbocycles. The van der Waals surface area contributed by atoms with Gasteiger partial charge in [-0.3, -0.25) is 14.4 Å². The highest BCUT2D eigenvalue weighted by Gasteiger charge is 2.92. The van der Waals surface area contributed by atoms with E-state index in [0.717, 1.165) is 0 Å². The van der Waals surface area contributed by atoms with Crippen LogP contribution < -0.4 is 0 Å². The average Bonchev–Trinajstić information content (AvgIpc) is 3.45. The fourth-order valence-electron chi connectivity index (χ4n) is 10.8. The number of ether oxygens (including phenoxy) is 4. The number of carbonyl (C=O) groups is 4. The second kappa shape index (κ2) is 6.21. The Morgan fingerprint density at radius 2 is 1.71 bits per heavy atom. The van der Waals surface area contributed by atoms with Crippen LogP contribution in [0.25, 0.3) is 0 Å². The molecule has 0 amide bonds. The predicted molar refractivity (Wildman–Crippen MR) is 124 cm³/mol. The molecule has 0 radical (unpaired) electrons. The molecule has 206 valence electrons. The third-order valence-electron chi connectivity index (χ3n) is 13.1. The van der Waals surface area contributed by atoms with E-state index in [9.17, 15) is 29.4 Å². The Hall–Kier alpha value is -1.88. The highest BCUT2D eigenvalue weighted by molar-refractivity contribution is 5.99. The Balaban J connectivity index is 1.38. The van der Waals surface area contributed by atoms with E-state index >= 15 is 0 Å². The molecule has 8 rings (SSSR count). The summed E-state index contributed by atoms with van der Waals surface area (Å²) in [7, 11) is 0. The van der Waals surface area contributed by atoms with Gasteiger partial charge in [0.05, 0.1) is 23.4 Å². The fourth-order valence-corrected chi connectivity index (χ4v) is 10.8. The molecule has 0 aromatic heterocycles. The van der Waals surface area contributed by atoms with Crippen molar-refractivity contribution in [3.05, 3.63) is 0 Å². The van der Waals surface area contributed by atoms with Crippen LogP contribution in [0.15, 0.2) is 0 Å². The summed E-state index contributed by atoms with van der Waals surface area (Å²) in [5.41, 5.74) is -8.66. The van der Waals surface area contributed by atoms with Gasteiger partial charge in [0, 0.05) is 12.3 Å². The summed E-state index contributed by atoms with van der Waals surface area (Å²) in [6, 6.07) is 0. The average molecular weight is 531 g/mol. The zero-order chi connectivity index (χ0) is 27.1. The normalized spacial score (nSPS) is 63.4. The Morgan fingerprint density at radius 3 is 2.45 bits per heavy atom. The molecule has 38 heavy (non-hydrogen) atoms. The summed E-state index contributed by atoms with van der Waals surface area (Å²) in [6.45, 7) is 6.86. The van der Waals surface area contributed by atoms with Crippen molar-refractivity contribution in [2.24, 2.45) is 34.5 Å². The highest BCUT2D eigenvalue weighted by Crippen LogP contribution is 2.76. The summed E-state index contributed by atoms with van der Waals surface area (Å²) >= 11 is 0. The number of fused-ring (bicyclic) bond motifs is 8. The first-order chi connectivity index (χ1) is 17.7.